The lowest BCUT2D eigenvalue weighted by Crippen LogP contribution is -2.60. The molecule has 1 aliphatic carbocycles. The van der Waals surface area contributed by atoms with Gasteiger partial charge in [-0.25, -0.2) is 0 Å². The molecule has 0 saturated heterocycles. The number of hydrogen-bond donors (Lipinski definition) is 0. The fourth-order valence-corrected chi connectivity index (χ4v) is 11.1. The summed E-state index contributed by atoms with van der Waals surface area (Å²) in [6.07, 6.45) is 4.63. The molecule has 4 heteroatoms. The summed E-state index contributed by atoms with van der Waals surface area (Å²) in [5.74, 6) is 0.414. The minimum Gasteiger partial charge on any atom is -0.311 e. The lowest BCUT2D eigenvalue weighted by atomic mass is 9.36. The van der Waals surface area contributed by atoms with Crippen LogP contribution in [0.25, 0.3) is 21.2 Å². The fraction of sp³-hybridized carbons (Fsp3) is 0.296. The second-order valence-corrected chi connectivity index (χ2v) is 20.5. The molecule has 0 saturated carbocycles. The smallest absolute Gasteiger partial charge is 0.264 e. The van der Waals surface area contributed by atoms with Crippen LogP contribution in [0.15, 0.2) is 115 Å². The molecule has 7 aromatic rings. The molecule has 1 aromatic heterocycles. The number of benzene rings is 6. The van der Waals surface area contributed by atoms with Crippen molar-refractivity contribution < 1.29 is 0 Å². The molecular formula is C54H55BN2S. The van der Waals surface area contributed by atoms with Crippen LogP contribution in [0, 0.1) is 0 Å². The Kier molecular flexibility index (Phi) is 8.66. The minimum absolute atomic E-state index is 0.0191. The molecule has 0 fully saturated rings. The van der Waals surface area contributed by atoms with E-state index in [1.807, 2.05) is 11.3 Å². The van der Waals surface area contributed by atoms with Crippen molar-refractivity contribution >= 4 is 78.0 Å². The largest absolute Gasteiger partial charge is 0.311 e. The molecule has 0 amide bonds. The summed E-state index contributed by atoms with van der Waals surface area (Å²) in [6.45, 7) is 21.0. The topological polar surface area (TPSA) is 6.48 Å². The standard InChI is InChI=1S/C54H55BN2S/c1-10-34-17-24-41(25-18-34)56-47-15-12-16-48-50(47)55(52-51(56)43-32-40(54(7,8)9)23-28-49(43)58-52)44-30-36(33(2)3)21-26-46(44)57(48)45-27-22-39(53(4,5)6)31-42(45)38-20-19-35-13-11-14-37(35)29-38/h12,15-33H,10-11,13-14H2,1-9H3. The normalized spacial score (nSPS) is 14.6. The van der Waals surface area contributed by atoms with Crippen molar-refractivity contribution in [2.24, 2.45) is 0 Å². The Labute approximate surface area is 350 Å². The van der Waals surface area contributed by atoms with Crippen molar-refractivity contribution in [2.75, 3.05) is 9.80 Å². The van der Waals surface area contributed by atoms with E-state index in [-0.39, 0.29) is 17.5 Å². The van der Waals surface area contributed by atoms with Gasteiger partial charge in [0.25, 0.3) is 6.71 Å². The Balaban J connectivity index is 1.29. The zero-order chi connectivity index (χ0) is 40.2. The van der Waals surface area contributed by atoms with Crippen molar-refractivity contribution in [1.29, 1.82) is 0 Å². The second-order valence-electron chi connectivity index (χ2n) is 19.4. The highest BCUT2D eigenvalue weighted by atomic mass is 32.1. The van der Waals surface area contributed by atoms with Crippen LogP contribution in [0.1, 0.15) is 108 Å². The van der Waals surface area contributed by atoms with Gasteiger partial charge >= 0.3 is 0 Å². The minimum atomic E-state index is 0.0191. The van der Waals surface area contributed by atoms with Gasteiger partial charge in [0.15, 0.2) is 0 Å². The first-order chi connectivity index (χ1) is 27.8. The van der Waals surface area contributed by atoms with Gasteiger partial charge in [-0.1, -0.05) is 123 Å². The third-order valence-corrected chi connectivity index (χ3v) is 14.5. The number of fused-ring (bicyclic) bond motifs is 7. The first-order valence-corrected chi connectivity index (χ1v) is 22.4. The Bertz CT molecular complexity index is 2760. The van der Waals surface area contributed by atoms with Crippen molar-refractivity contribution in [3.05, 3.63) is 149 Å². The second kappa shape index (κ2) is 13.5. The fourth-order valence-electron chi connectivity index (χ4n) is 9.84. The Morgan fingerprint density at radius 1 is 0.655 bits per heavy atom. The van der Waals surface area contributed by atoms with Gasteiger partial charge in [0.2, 0.25) is 0 Å². The molecule has 2 nitrogen and oxygen atoms in total. The Hall–Kier alpha value is -5.06. The maximum Gasteiger partial charge on any atom is 0.264 e. The summed E-state index contributed by atoms with van der Waals surface area (Å²) in [5, 5.41) is 1.35. The van der Waals surface area contributed by atoms with Gasteiger partial charge in [-0.05, 0) is 147 Å². The van der Waals surface area contributed by atoms with E-state index in [1.165, 1.54) is 124 Å². The molecular weight excluding hydrogens is 719 g/mol. The predicted octanol–water partition coefficient (Wildman–Crippen LogP) is 13.4. The third-order valence-electron chi connectivity index (χ3n) is 13.3. The summed E-state index contributed by atoms with van der Waals surface area (Å²) in [7, 11) is 0. The Morgan fingerprint density at radius 2 is 1.34 bits per heavy atom. The number of thiophene rings is 1. The molecule has 0 bridgehead atoms. The van der Waals surface area contributed by atoms with E-state index < -0.39 is 0 Å². The summed E-state index contributed by atoms with van der Waals surface area (Å²) in [4.78, 5) is 5.23. The van der Waals surface area contributed by atoms with E-state index in [1.54, 1.807) is 0 Å². The lowest BCUT2D eigenvalue weighted by molar-refractivity contribution is 0.590. The van der Waals surface area contributed by atoms with Gasteiger partial charge in [-0.15, -0.1) is 11.3 Å². The van der Waals surface area contributed by atoms with Crippen LogP contribution in [-0.2, 0) is 30.1 Å². The molecule has 3 aliphatic rings. The first-order valence-electron chi connectivity index (χ1n) is 21.6. The number of hydrogen-bond acceptors (Lipinski definition) is 3. The van der Waals surface area contributed by atoms with Crippen LogP contribution in [0.2, 0.25) is 0 Å². The maximum absolute atomic E-state index is 2.62. The molecule has 290 valence electrons. The summed E-state index contributed by atoms with van der Waals surface area (Å²) < 4.78 is 2.78. The zero-order valence-corrected chi connectivity index (χ0v) is 36.6. The average molecular weight is 775 g/mol. The SMILES string of the molecule is CCc1ccc(N2c3cccc4c3B(c3cc(C(C)C)ccc3N4c3ccc(C(C)(C)C)cc3-c3ccc4c(c3)CCC4)c3sc4ccc(C(C)(C)C)cc4c32)cc1. The van der Waals surface area contributed by atoms with Crippen LogP contribution in [0.5, 0.6) is 0 Å². The van der Waals surface area contributed by atoms with Gasteiger partial charge in [-0.3, -0.25) is 0 Å². The van der Waals surface area contributed by atoms with Gasteiger partial charge in [-0.2, -0.15) is 0 Å². The van der Waals surface area contributed by atoms with E-state index in [0.717, 1.165) is 6.42 Å². The van der Waals surface area contributed by atoms with E-state index in [0.29, 0.717) is 5.92 Å². The van der Waals surface area contributed by atoms with E-state index >= 15 is 0 Å². The number of rotatable bonds is 5. The molecule has 10 rings (SSSR count). The lowest BCUT2D eigenvalue weighted by Gasteiger charge is -2.43. The van der Waals surface area contributed by atoms with Crippen molar-refractivity contribution in [2.45, 2.75) is 105 Å². The molecule has 0 N–H and O–H groups in total. The van der Waals surface area contributed by atoms with Gasteiger partial charge < -0.3 is 9.80 Å². The van der Waals surface area contributed by atoms with Crippen LogP contribution >= 0.6 is 11.3 Å². The summed E-state index contributed by atoms with van der Waals surface area (Å²) in [6, 6.07) is 45.6. The zero-order valence-electron chi connectivity index (χ0n) is 35.8. The highest BCUT2D eigenvalue weighted by molar-refractivity contribution is 7.33. The van der Waals surface area contributed by atoms with Crippen molar-refractivity contribution in [1.82, 2.24) is 0 Å². The summed E-state index contributed by atoms with van der Waals surface area (Å²) >= 11 is 1.99. The van der Waals surface area contributed by atoms with Crippen molar-refractivity contribution in [3.63, 3.8) is 0 Å². The predicted molar refractivity (Wildman–Crippen MR) is 254 cm³/mol. The van der Waals surface area contributed by atoms with E-state index in [4.69, 9.17) is 0 Å². The highest BCUT2D eigenvalue weighted by Gasteiger charge is 2.45. The van der Waals surface area contributed by atoms with Crippen LogP contribution < -0.4 is 25.5 Å². The average Bonchev–Trinajstić information content (AvgIpc) is 3.84. The maximum atomic E-state index is 2.62. The third kappa shape index (κ3) is 5.89. The van der Waals surface area contributed by atoms with Gasteiger partial charge in [0, 0.05) is 43.2 Å². The van der Waals surface area contributed by atoms with E-state index in [9.17, 15) is 0 Å². The summed E-state index contributed by atoms with van der Waals surface area (Å²) in [5.41, 5.74) is 21.6. The Morgan fingerprint density at radius 3 is 2.07 bits per heavy atom. The molecule has 0 unspecified atom stereocenters. The van der Waals surface area contributed by atoms with Gasteiger partial charge in [0.1, 0.15) is 0 Å². The molecule has 6 aromatic carbocycles. The number of anilines is 6. The van der Waals surface area contributed by atoms with Crippen LogP contribution in [0.3, 0.4) is 0 Å². The van der Waals surface area contributed by atoms with Gasteiger partial charge in [0.05, 0.1) is 11.4 Å². The number of nitrogens with zero attached hydrogens (tertiary/aromatic N) is 2. The quantitative estimate of drug-likeness (QED) is 0.161. The molecule has 3 heterocycles. The molecule has 0 radical (unpaired) electrons. The molecule has 0 spiro atoms. The monoisotopic (exact) mass is 774 g/mol. The number of aryl methyl sites for hydroxylation is 3. The molecule has 58 heavy (non-hydrogen) atoms. The first kappa shape index (κ1) is 37.2. The van der Waals surface area contributed by atoms with E-state index in [2.05, 4.69) is 187 Å². The molecule has 0 atom stereocenters. The molecule has 2 aliphatic heterocycles. The van der Waals surface area contributed by atoms with Crippen LogP contribution in [-0.4, -0.2) is 6.71 Å². The highest BCUT2D eigenvalue weighted by Crippen LogP contribution is 2.50. The van der Waals surface area contributed by atoms with Crippen molar-refractivity contribution in [3.8, 4) is 11.1 Å². The van der Waals surface area contributed by atoms with Crippen LogP contribution in [0.4, 0.5) is 34.1 Å².